The topological polar surface area (TPSA) is 52.3 Å². The Balaban J connectivity index is 1.57. The van der Waals surface area contributed by atoms with E-state index in [2.05, 4.69) is 11.5 Å². The monoisotopic (exact) mass is 454 g/mol. The van der Waals surface area contributed by atoms with Gasteiger partial charge in [-0.25, -0.2) is 4.39 Å². The Bertz CT molecular complexity index is 1150. The number of carbonyl (C=O) groups excluding carboxylic acids is 1. The summed E-state index contributed by atoms with van der Waals surface area (Å²) in [5, 5.41) is 9.55. The average Bonchev–Trinajstić information content (AvgIpc) is 3.14. The first-order valence-electron chi connectivity index (χ1n) is 11.0. The Kier molecular flexibility index (Phi) is 6.51. The van der Waals surface area contributed by atoms with Gasteiger partial charge in [-0.3, -0.25) is 4.79 Å². The van der Waals surface area contributed by atoms with Gasteiger partial charge in [-0.1, -0.05) is 36.7 Å². The lowest BCUT2D eigenvalue weighted by molar-refractivity contribution is 0.0748. The quantitative estimate of drug-likeness (QED) is 0.502. The molecule has 4 rings (SSSR count). The van der Waals surface area contributed by atoms with Crippen molar-refractivity contribution in [3.63, 3.8) is 0 Å². The number of anilines is 1. The van der Waals surface area contributed by atoms with Gasteiger partial charge in [0.25, 0.3) is 5.91 Å². The van der Waals surface area contributed by atoms with Crippen LogP contribution in [0.15, 0.2) is 48.7 Å². The molecule has 168 valence electrons. The molecule has 0 unspecified atom stereocenters. The van der Waals surface area contributed by atoms with Crippen LogP contribution in [0.5, 0.6) is 0 Å². The number of benzene rings is 2. The standard InChI is InChI=1S/C25H28ClFN4O/c1-3-18(17(2)28)15-31-16-21(20-9-8-19(26)14-24(20)31)25(32)30-12-10-29(11-13-30)23-7-5-4-6-22(23)27/h4-9,14,16,18,28H,3,10-13,15H2,1-2H3/t18-/m0/s1. The average molecular weight is 455 g/mol. The normalized spacial score (nSPS) is 15.2. The summed E-state index contributed by atoms with van der Waals surface area (Å²) >= 11 is 6.26. The molecule has 7 heteroatoms. The van der Waals surface area contributed by atoms with E-state index < -0.39 is 0 Å². The maximum absolute atomic E-state index is 14.1. The first-order chi connectivity index (χ1) is 15.4. The van der Waals surface area contributed by atoms with Crippen molar-refractivity contribution in [1.29, 1.82) is 5.41 Å². The molecule has 1 aromatic heterocycles. The first kappa shape index (κ1) is 22.3. The van der Waals surface area contributed by atoms with Gasteiger partial charge in [-0.2, -0.15) is 0 Å². The molecule has 1 aliphatic heterocycles. The summed E-state index contributed by atoms with van der Waals surface area (Å²) in [5.41, 5.74) is 2.77. The van der Waals surface area contributed by atoms with Crippen LogP contribution in [-0.4, -0.2) is 47.3 Å². The van der Waals surface area contributed by atoms with Gasteiger partial charge >= 0.3 is 0 Å². The van der Waals surface area contributed by atoms with Crippen molar-refractivity contribution in [2.45, 2.75) is 26.8 Å². The van der Waals surface area contributed by atoms with E-state index in [-0.39, 0.29) is 17.6 Å². The highest BCUT2D eigenvalue weighted by Crippen LogP contribution is 2.28. The molecule has 2 heterocycles. The van der Waals surface area contributed by atoms with Crippen LogP contribution in [0.3, 0.4) is 0 Å². The lowest BCUT2D eigenvalue weighted by Gasteiger charge is -2.36. The second-order valence-electron chi connectivity index (χ2n) is 8.38. The second kappa shape index (κ2) is 9.33. The number of hydrogen-bond donors (Lipinski definition) is 1. The van der Waals surface area contributed by atoms with E-state index in [1.165, 1.54) is 6.07 Å². The molecule has 1 amide bonds. The van der Waals surface area contributed by atoms with Crippen molar-refractivity contribution in [2.75, 3.05) is 31.1 Å². The van der Waals surface area contributed by atoms with E-state index in [9.17, 15) is 9.18 Å². The molecule has 1 saturated heterocycles. The lowest BCUT2D eigenvalue weighted by atomic mass is 10.0. The molecule has 0 aliphatic carbocycles. The number of fused-ring (bicyclic) bond motifs is 1. The van der Waals surface area contributed by atoms with Crippen LogP contribution >= 0.6 is 11.6 Å². The molecule has 2 aromatic carbocycles. The van der Waals surface area contributed by atoms with Crippen LogP contribution in [0, 0.1) is 17.1 Å². The number of nitrogens with one attached hydrogen (secondary N) is 1. The summed E-state index contributed by atoms with van der Waals surface area (Å²) in [6.45, 7) is 6.77. The van der Waals surface area contributed by atoms with Crippen molar-refractivity contribution >= 4 is 39.8 Å². The lowest BCUT2D eigenvalue weighted by Crippen LogP contribution is -2.49. The number of rotatable bonds is 6. The van der Waals surface area contributed by atoms with E-state index in [0.29, 0.717) is 54.7 Å². The van der Waals surface area contributed by atoms with Gasteiger partial charge in [0, 0.05) is 61.0 Å². The van der Waals surface area contributed by atoms with Crippen LogP contribution in [0.1, 0.15) is 30.6 Å². The Hall–Kier alpha value is -2.86. The molecule has 32 heavy (non-hydrogen) atoms. The second-order valence-corrected chi connectivity index (χ2v) is 8.81. The third-order valence-corrected chi connectivity index (χ3v) is 6.59. The summed E-state index contributed by atoms with van der Waals surface area (Å²) in [5.74, 6) is -0.153. The summed E-state index contributed by atoms with van der Waals surface area (Å²) in [6.07, 6.45) is 2.76. The molecule has 3 aromatic rings. The molecule has 0 radical (unpaired) electrons. The Labute approximate surface area is 192 Å². The van der Waals surface area contributed by atoms with Gasteiger partial charge in [0.15, 0.2) is 0 Å². The van der Waals surface area contributed by atoms with Crippen LogP contribution in [0.4, 0.5) is 10.1 Å². The number of carbonyl (C=O) groups is 1. The van der Waals surface area contributed by atoms with Crippen molar-refractivity contribution < 1.29 is 9.18 Å². The highest BCUT2D eigenvalue weighted by atomic mass is 35.5. The van der Waals surface area contributed by atoms with Crippen LogP contribution in [0.2, 0.25) is 5.02 Å². The smallest absolute Gasteiger partial charge is 0.256 e. The number of amides is 1. The fourth-order valence-electron chi connectivity index (χ4n) is 4.43. The SMILES string of the molecule is CC[C@@H](Cn1cc(C(=O)N2CCN(c3ccccc3F)CC2)c2ccc(Cl)cc21)C(C)=N. The minimum Gasteiger partial charge on any atom is -0.366 e. The molecular formula is C25H28ClFN4O. The number of para-hydroxylation sites is 1. The van der Waals surface area contributed by atoms with E-state index in [1.807, 2.05) is 41.1 Å². The summed E-state index contributed by atoms with van der Waals surface area (Å²) in [6, 6.07) is 12.3. The highest BCUT2D eigenvalue weighted by molar-refractivity contribution is 6.31. The fourth-order valence-corrected chi connectivity index (χ4v) is 4.59. The maximum Gasteiger partial charge on any atom is 0.256 e. The molecule has 5 nitrogen and oxygen atoms in total. The predicted molar refractivity (Wildman–Crippen MR) is 129 cm³/mol. The summed E-state index contributed by atoms with van der Waals surface area (Å²) in [4.78, 5) is 17.3. The summed E-state index contributed by atoms with van der Waals surface area (Å²) < 4.78 is 16.2. The van der Waals surface area contributed by atoms with Crippen molar-refractivity contribution in [2.24, 2.45) is 5.92 Å². The van der Waals surface area contributed by atoms with Crippen molar-refractivity contribution in [3.05, 3.63) is 65.1 Å². The van der Waals surface area contributed by atoms with Crippen molar-refractivity contribution in [3.8, 4) is 0 Å². The Morgan fingerprint density at radius 1 is 1.16 bits per heavy atom. The third kappa shape index (κ3) is 4.37. The summed E-state index contributed by atoms with van der Waals surface area (Å²) in [7, 11) is 0. The van der Waals surface area contributed by atoms with Crippen LogP contribution in [0.25, 0.3) is 10.9 Å². The predicted octanol–water partition coefficient (Wildman–Crippen LogP) is 5.46. The van der Waals surface area contributed by atoms with Crippen molar-refractivity contribution in [1.82, 2.24) is 9.47 Å². The maximum atomic E-state index is 14.1. The number of piperazine rings is 1. The molecule has 0 spiro atoms. The fraction of sp³-hybridized carbons (Fsp3) is 0.360. The molecular weight excluding hydrogens is 427 g/mol. The number of halogens is 2. The van der Waals surface area contributed by atoms with E-state index in [1.54, 1.807) is 18.2 Å². The third-order valence-electron chi connectivity index (χ3n) is 6.36. The van der Waals surface area contributed by atoms with Crippen LogP contribution < -0.4 is 4.90 Å². The Morgan fingerprint density at radius 3 is 2.53 bits per heavy atom. The number of hydrogen-bond acceptors (Lipinski definition) is 3. The highest BCUT2D eigenvalue weighted by Gasteiger charge is 2.26. The van der Waals surface area contributed by atoms with Gasteiger partial charge in [0.05, 0.1) is 16.8 Å². The first-order valence-corrected chi connectivity index (χ1v) is 11.4. The molecule has 1 N–H and O–H groups in total. The van der Waals surface area contributed by atoms with E-state index >= 15 is 0 Å². The minimum absolute atomic E-state index is 0.0242. The van der Waals surface area contributed by atoms with E-state index in [0.717, 1.165) is 17.3 Å². The zero-order chi connectivity index (χ0) is 22.8. The largest absolute Gasteiger partial charge is 0.366 e. The molecule has 0 saturated carbocycles. The van der Waals surface area contributed by atoms with Gasteiger partial charge in [0.2, 0.25) is 0 Å². The van der Waals surface area contributed by atoms with Gasteiger partial charge in [-0.15, -0.1) is 0 Å². The zero-order valence-electron chi connectivity index (χ0n) is 18.4. The Morgan fingerprint density at radius 2 is 1.88 bits per heavy atom. The minimum atomic E-state index is -0.237. The number of aromatic nitrogens is 1. The number of nitrogens with zero attached hydrogens (tertiary/aromatic N) is 3. The molecule has 0 bridgehead atoms. The van der Waals surface area contributed by atoms with Gasteiger partial charge in [0.1, 0.15) is 5.82 Å². The molecule has 1 atom stereocenters. The van der Waals surface area contributed by atoms with E-state index in [4.69, 9.17) is 17.0 Å². The zero-order valence-corrected chi connectivity index (χ0v) is 19.2. The van der Waals surface area contributed by atoms with Crippen LogP contribution in [-0.2, 0) is 6.54 Å². The van der Waals surface area contributed by atoms with Gasteiger partial charge in [-0.05, 0) is 37.6 Å². The van der Waals surface area contributed by atoms with Gasteiger partial charge < -0.3 is 19.8 Å². The molecule has 1 fully saturated rings. The molecule has 1 aliphatic rings.